The van der Waals surface area contributed by atoms with Crippen LogP contribution in [-0.2, 0) is 4.79 Å². The number of carboxylic acids is 1. The lowest BCUT2D eigenvalue weighted by molar-refractivity contribution is -0.131. The van der Waals surface area contributed by atoms with E-state index in [9.17, 15) is 4.79 Å². The van der Waals surface area contributed by atoms with E-state index in [-0.39, 0.29) is 0 Å². The Kier molecular flexibility index (Phi) is 3.48. The number of hydrogen-bond acceptors (Lipinski definition) is 3. The lowest BCUT2D eigenvalue weighted by Crippen LogP contribution is -2.20. The van der Waals surface area contributed by atoms with Gasteiger partial charge in [0.2, 0.25) is 0 Å². The van der Waals surface area contributed by atoms with Crippen LogP contribution in [0.3, 0.4) is 0 Å². The molecule has 1 aliphatic rings. The fourth-order valence-electron chi connectivity index (χ4n) is 2.24. The molecular formula is C16H13NO2S. The molecule has 0 aliphatic carbocycles. The molecule has 0 bridgehead atoms. The van der Waals surface area contributed by atoms with Crippen LogP contribution < -0.4 is 4.90 Å². The van der Waals surface area contributed by atoms with Crippen LogP contribution in [0.15, 0.2) is 70.5 Å². The van der Waals surface area contributed by atoms with Gasteiger partial charge in [-0.15, -0.1) is 0 Å². The summed E-state index contributed by atoms with van der Waals surface area (Å²) in [5.41, 5.74) is 2.23. The summed E-state index contributed by atoms with van der Waals surface area (Å²) in [6.45, 7) is 0.543. The zero-order valence-corrected chi connectivity index (χ0v) is 11.5. The number of benzene rings is 2. The van der Waals surface area contributed by atoms with Crippen molar-refractivity contribution in [2.45, 2.75) is 9.79 Å². The van der Waals surface area contributed by atoms with Gasteiger partial charge in [-0.1, -0.05) is 42.1 Å². The quantitative estimate of drug-likeness (QED) is 0.866. The van der Waals surface area contributed by atoms with Gasteiger partial charge in [0, 0.05) is 22.4 Å². The average Bonchev–Trinajstić information content (AvgIpc) is 2.46. The normalized spacial score (nSPS) is 13.1. The Morgan fingerprint density at radius 3 is 2.15 bits per heavy atom. The number of hydrogen-bond donors (Lipinski definition) is 1. The number of carboxylic acid groups (broad SMARTS) is 1. The lowest BCUT2D eigenvalue weighted by atomic mass is 10.2. The second-order valence-corrected chi connectivity index (χ2v) is 5.47. The van der Waals surface area contributed by atoms with Crippen LogP contribution in [0.4, 0.5) is 11.4 Å². The molecule has 0 unspecified atom stereocenters. The van der Waals surface area contributed by atoms with Gasteiger partial charge < -0.3 is 10.0 Å². The van der Waals surface area contributed by atoms with Crippen molar-refractivity contribution in [3.8, 4) is 0 Å². The maximum Gasteiger partial charge on any atom is 0.328 e. The van der Waals surface area contributed by atoms with Crippen molar-refractivity contribution in [3.63, 3.8) is 0 Å². The van der Waals surface area contributed by atoms with Crippen molar-refractivity contribution in [1.29, 1.82) is 0 Å². The summed E-state index contributed by atoms with van der Waals surface area (Å²) in [5.74, 6) is -0.919. The fourth-order valence-corrected chi connectivity index (χ4v) is 3.33. The number of nitrogens with zero attached hydrogens (tertiary/aromatic N) is 1. The average molecular weight is 283 g/mol. The molecule has 0 aromatic heterocycles. The number of aliphatic carboxylic acids is 1. The molecule has 3 nitrogen and oxygen atoms in total. The summed E-state index contributed by atoms with van der Waals surface area (Å²) in [4.78, 5) is 15.1. The Bertz CT molecular complexity index is 636. The maximum atomic E-state index is 10.6. The van der Waals surface area contributed by atoms with Gasteiger partial charge in [0.1, 0.15) is 0 Å². The molecule has 20 heavy (non-hydrogen) atoms. The Hall–Kier alpha value is -2.20. The SMILES string of the molecule is O=C(O)C=CCN1c2ccccc2Sc2ccccc21. The Morgan fingerprint density at radius 2 is 1.60 bits per heavy atom. The van der Waals surface area contributed by atoms with E-state index in [1.165, 1.54) is 15.9 Å². The van der Waals surface area contributed by atoms with Crippen LogP contribution >= 0.6 is 11.8 Å². The second-order valence-electron chi connectivity index (χ2n) is 4.39. The molecule has 0 radical (unpaired) electrons. The summed E-state index contributed by atoms with van der Waals surface area (Å²) < 4.78 is 0. The summed E-state index contributed by atoms with van der Waals surface area (Å²) >= 11 is 1.74. The molecule has 0 saturated carbocycles. The third-order valence-corrected chi connectivity index (χ3v) is 4.21. The minimum absolute atomic E-state index is 0.543. The summed E-state index contributed by atoms with van der Waals surface area (Å²) in [6, 6.07) is 16.3. The van der Waals surface area contributed by atoms with Crippen molar-refractivity contribution in [1.82, 2.24) is 0 Å². The van der Waals surface area contributed by atoms with Gasteiger partial charge in [0.05, 0.1) is 11.4 Å². The van der Waals surface area contributed by atoms with Crippen molar-refractivity contribution in [3.05, 3.63) is 60.7 Å². The molecule has 100 valence electrons. The van der Waals surface area contributed by atoms with E-state index in [1.807, 2.05) is 24.3 Å². The molecular weight excluding hydrogens is 270 g/mol. The Labute approximate surface area is 121 Å². The molecule has 2 aromatic rings. The van der Waals surface area contributed by atoms with Crippen molar-refractivity contribution in [2.24, 2.45) is 0 Å². The minimum atomic E-state index is -0.919. The maximum absolute atomic E-state index is 10.6. The first kappa shape index (κ1) is 12.8. The highest BCUT2D eigenvalue weighted by Crippen LogP contribution is 2.47. The van der Waals surface area contributed by atoms with E-state index in [0.29, 0.717) is 6.54 Å². The molecule has 0 spiro atoms. The predicted octanol–water partition coefficient (Wildman–Crippen LogP) is 3.93. The van der Waals surface area contributed by atoms with E-state index in [1.54, 1.807) is 17.8 Å². The molecule has 1 heterocycles. The van der Waals surface area contributed by atoms with Crippen LogP contribution in [0.25, 0.3) is 0 Å². The number of rotatable bonds is 3. The smallest absolute Gasteiger partial charge is 0.328 e. The number of anilines is 2. The summed E-state index contributed by atoms with van der Waals surface area (Å²) in [7, 11) is 0. The molecule has 0 saturated heterocycles. The number of fused-ring (bicyclic) bond motifs is 2. The molecule has 0 fully saturated rings. The first-order valence-electron chi connectivity index (χ1n) is 6.28. The highest BCUT2D eigenvalue weighted by atomic mass is 32.2. The minimum Gasteiger partial charge on any atom is -0.478 e. The van der Waals surface area contributed by atoms with E-state index < -0.39 is 5.97 Å². The summed E-state index contributed by atoms with van der Waals surface area (Å²) in [6.07, 6.45) is 2.86. The molecule has 4 heteroatoms. The van der Waals surface area contributed by atoms with Gasteiger partial charge in [0.15, 0.2) is 0 Å². The van der Waals surface area contributed by atoms with E-state index in [2.05, 4.69) is 29.2 Å². The van der Waals surface area contributed by atoms with E-state index >= 15 is 0 Å². The van der Waals surface area contributed by atoms with Gasteiger partial charge >= 0.3 is 5.97 Å². The highest BCUT2D eigenvalue weighted by Gasteiger charge is 2.21. The monoisotopic (exact) mass is 283 g/mol. The predicted molar refractivity (Wildman–Crippen MR) is 80.8 cm³/mol. The van der Waals surface area contributed by atoms with E-state index in [0.717, 1.165) is 11.4 Å². The van der Waals surface area contributed by atoms with Gasteiger partial charge in [-0.25, -0.2) is 4.79 Å². The fraction of sp³-hybridized carbons (Fsp3) is 0.0625. The van der Waals surface area contributed by atoms with Crippen LogP contribution in [0.1, 0.15) is 0 Å². The zero-order valence-electron chi connectivity index (χ0n) is 10.7. The molecule has 1 aliphatic heterocycles. The third kappa shape index (κ3) is 2.42. The van der Waals surface area contributed by atoms with Crippen LogP contribution in [0.2, 0.25) is 0 Å². The molecule has 1 N–H and O–H groups in total. The zero-order chi connectivity index (χ0) is 13.9. The standard InChI is InChI=1S/C16H13NO2S/c18-16(19)10-5-11-17-12-6-1-3-8-14(12)20-15-9-4-2-7-13(15)17/h1-10H,11H2,(H,18,19). The first-order valence-corrected chi connectivity index (χ1v) is 7.10. The van der Waals surface area contributed by atoms with Crippen molar-refractivity contribution in [2.75, 3.05) is 11.4 Å². The second kappa shape index (κ2) is 5.43. The van der Waals surface area contributed by atoms with Crippen LogP contribution in [0.5, 0.6) is 0 Å². The lowest BCUT2D eigenvalue weighted by Gasteiger charge is -2.31. The van der Waals surface area contributed by atoms with Gasteiger partial charge in [-0.3, -0.25) is 0 Å². The van der Waals surface area contributed by atoms with Gasteiger partial charge in [-0.05, 0) is 24.3 Å². The van der Waals surface area contributed by atoms with Crippen molar-refractivity contribution < 1.29 is 9.90 Å². The summed E-state index contributed by atoms with van der Waals surface area (Å²) in [5, 5.41) is 8.72. The molecule has 0 atom stereocenters. The third-order valence-electron chi connectivity index (χ3n) is 3.08. The molecule has 3 rings (SSSR count). The highest BCUT2D eigenvalue weighted by molar-refractivity contribution is 7.99. The van der Waals surface area contributed by atoms with Gasteiger partial charge in [0.25, 0.3) is 0 Å². The van der Waals surface area contributed by atoms with Crippen molar-refractivity contribution >= 4 is 29.1 Å². The molecule has 2 aromatic carbocycles. The van der Waals surface area contributed by atoms with Crippen LogP contribution in [0, 0.1) is 0 Å². The number of carbonyl (C=O) groups is 1. The first-order chi connectivity index (χ1) is 9.75. The molecule has 0 amide bonds. The Morgan fingerprint density at radius 1 is 1.05 bits per heavy atom. The largest absolute Gasteiger partial charge is 0.478 e. The topological polar surface area (TPSA) is 40.5 Å². The Balaban J connectivity index is 2.01. The van der Waals surface area contributed by atoms with E-state index in [4.69, 9.17) is 5.11 Å². The van der Waals surface area contributed by atoms with Gasteiger partial charge in [-0.2, -0.15) is 0 Å². The van der Waals surface area contributed by atoms with Crippen LogP contribution in [-0.4, -0.2) is 17.6 Å². The number of para-hydroxylation sites is 2.